The monoisotopic (exact) mass is 287 g/mol. The molecule has 2 nitrogen and oxygen atoms in total. The van der Waals surface area contributed by atoms with Gasteiger partial charge in [0.25, 0.3) is 0 Å². The molecule has 2 rings (SSSR count). The van der Waals surface area contributed by atoms with Crippen LogP contribution in [0.5, 0.6) is 5.75 Å². The van der Waals surface area contributed by atoms with Crippen LogP contribution in [-0.2, 0) is 6.54 Å². The molecule has 0 fully saturated rings. The molecule has 2 aromatic rings. The lowest BCUT2D eigenvalue weighted by molar-refractivity contribution is 0.413. The fraction of sp³-hybridized carbons (Fsp3) is 0.294. The third-order valence-corrected chi connectivity index (χ3v) is 4.11. The van der Waals surface area contributed by atoms with Gasteiger partial charge in [0.2, 0.25) is 0 Å². The van der Waals surface area contributed by atoms with Gasteiger partial charge in [0.05, 0.1) is 7.11 Å². The van der Waals surface area contributed by atoms with Gasteiger partial charge >= 0.3 is 0 Å². The van der Waals surface area contributed by atoms with Gasteiger partial charge in [-0.15, -0.1) is 11.8 Å². The van der Waals surface area contributed by atoms with E-state index in [-0.39, 0.29) is 0 Å². The summed E-state index contributed by atoms with van der Waals surface area (Å²) in [5.74, 6) is 0.903. The van der Waals surface area contributed by atoms with Gasteiger partial charge in [-0.2, -0.15) is 0 Å². The molecule has 0 aliphatic heterocycles. The molecule has 106 valence electrons. The summed E-state index contributed by atoms with van der Waals surface area (Å²) in [5, 5.41) is 3.54. The standard InChI is InChI=1S/C17H21NOS/c1-13(15-5-4-6-16(11-15)19-2)18-12-14-7-9-17(20-3)10-8-14/h4-11,13,18H,12H2,1-3H3/t13-/m1/s1. The van der Waals surface area contributed by atoms with E-state index in [0.29, 0.717) is 6.04 Å². The lowest BCUT2D eigenvalue weighted by Gasteiger charge is -2.15. The predicted molar refractivity (Wildman–Crippen MR) is 86.5 cm³/mol. The molecule has 0 aromatic heterocycles. The average Bonchev–Trinajstić information content (AvgIpc) is 2.53. The summed E-state index contributed by atoms with van der Waals surface area (Å²) in [7, 11) is 1.70. The largest absolute Gasteiger partial charge is 0.497 e. The van der Waals surface area contributed by atoms with Crippen LogP contribution in [0.25, 0.3) is 0 Å². The summed E-state index contributed by atoms with van der Waals surface area (Å²) in [6.07, 6.45) is 2.10. The average molecular weight is 287 g/mol. The van der Waals surface area contributed by atoms with Crippen LogP contribution in [0.15, 0.2) is 53.4 Å². The van der Waals surface area contributed by atoms with Crippen molar-refractivity contribution in [3.05, 3.63) is 59.7 Å². The Bertz CT molecular complexity index is 539. The molecule has 1 atom stereocenters. The molecule has 1 N–H and O–H groups in total. The van der Waals surface area contributed by atoms with Crippen molar-refractivity contribution in [3.63, 3.8) is 0 Å². The highest BCUT2D eigenvalue weighted by molar-refractivity contribution is 7.98. The van der Waals surface area contributed by atoms with E-state index in [9.17, 15) is 0 Å². The van der Waals surface area contributed by atoms with Crippen LogP contribution in [0.1, 0.15) is 24.1 Å². The molecule has 0 radical (unpaired) electrons. The number of thioether (sulfide) groups is 1. The number of rotatable bonds is 6. The van der Waals surface area contributed by atoms with Crippen LogP contribution in [0.3, 0.4) is 0 Å². The molecule has 0 amide bonds. The summed E-state index contributed by atoms with van der Waals surface area (Å²) >= 11 is 1.77. The Balaban J connectivity index is 1.95. The minimum atomic E-state index is 0.297. The Morgan fingerprint density at radius 2 is 1.90 bits per heavy atom. The highest BCUT2D eigenvalue weighted by Gasteiger charge is 2.05. The van der Waals surface area contributed by atoms with E-state index in [1.165, 1.54) is 16.0 Å². The molecule has 20 heavy (non-hydrogen) atoms. The maximum absolute atomic E-state index is 5.26. The van der Waals surface area contributed by atoms with Gasteiger partial charge < -0.3 is 10.1 Å². The Morgan fingerprint density at radius 1 is 1.15 bits per heavy atom. The van der Waals surface area contributed by atoms with Crippen LogP contribution in [0.2, 0.25) is 0 Å². The topological polar surface area (TPSA) is 21.3 Å². The van der Waals surface area contributed by atoms with Crippen LogP contribution in [0.4, 0.5) is 0 Å². The van der Waals surface area contributed by atoms with Gasteiger partial charge in [-0.25, -0.2) is 0 Å². The predicted octanol–water partition coefficient (Wildman–Crippen LogP) is 4.27. The number of hydrogen-bond donors (Lipinski definition) is 1. The highest BCUT2D eigenvalue weighted by Crippen LogP contribution is 2.19. The number of ether oxygens (including phenoxy) is 1. The van der Waals surface area contributed by atoms with Crippen LogP contribution in [-0.4, -0.2) is 13.4 Å². The molecule has 0 aliphatic rings. The normalized spacial score (nSPS) is 12.2. The maximum atomic E-state index is 5.26. The molecule has 0 spiro atoms. The van der Waals surface area contributed by atoms with Gasteiger partial charge in [-0.05, 0) is 48.6 Å². The van der Waals surface area contributed by atoms with Crippen molar-refractivity contribution in [1.29, 1.82) is 0 Å². The van der Waals surface area contributed by atoms with Crippen molar-refractivity contribution in [2.24, 2.45) is 0 Å². The fourth-order valence-corrected chi connectivity index (χ4v) is 2.45. The second-order valence-corrected chi connectivity index (χ2v) is 5.61. The minimum Gasteiger partial charge on any atom is -0.497 e. The van der Waals surface area contributed by atoms with E-state index >= 15 is 0 Å². The molecule has 0 saturated carbocycles. The van der Waals surface area contributed by atoms with E-state index in [1.807, 2.05) is 12.1 Å². The van der Waals surface area contributed by atoms with Crippen molar-refractivity contribution < 1.29 is 4.74 Å². The zero-order valence-corrected chi connectivity index (χ0v) is 13.0. The van der Waals surface area contributed by atoms with Crippen molar-refractivity contribution in [2.75, 3.05) is 13.4 Å². The first-order valence-electron chi connectivity index (χ1n) is 6.73. The smallest absolute Gasteiger partial charge is 0.119 e. The van der Waals surface area contributed by atoms with E-state index < -0.39 is 0 Å². The summed E-state index contributed by atoms with van der Waals surface area (Å²) in [4.78, 5) is 1.30. The number of nitrogens with one attached hydrogen (secondary N) is 1. The van der Waals surface area contributed by atoms with Gasteiger partial charge in [0, 0.05) is 17.5 Å². The second-order valence-electron chi connectivity index (χ2n) is 4.73. The Labute approximate surface area is 125 Å². The maximum Gasteiger partial charge on any atom is 0.119 e. The second kappa shape index (κ2) is 7.36. The van der Waals surface area contributed by atoms with Crippen molar-refractivity contribution in [3.8, 4) is 5.75 Å². The zero-order chi connectivity index (χ0) is 14.4. The first-order valence-corrected chi connectivity index (χ1v) is 7.95. The molecule has 2 aromatic carbocycles. The van der Waals surface area contributed by atoms with Gasteiger partial charge in [0.1, 0.15) is 5.75 Å². The third-order valence-electron chi connectivity index (χ3n) is 3.37. The quantitative estimate of drug-likeness (QED) is 0.802. The Morgan fingerprint density at radius 3 is 2.55 bits per heavy atom. The lowest BCUT2D eigenvalue weighted by atomic mass is 10.1. The number of benzene rings is 2. The Hall–Kier alpha value is -1.45. The first-order chi connectivity index (χ1) is 9.72. The summed E-state index contributed by atoms with van der Waals surface area (Å²) in [6.45, 7) is 3.04. The SMILES string of the molecule is COc1cccc([C@@H](C)NCc2ccc(SC)cc2)c1. The van der Waals surface area contributed by atoms with Crippen molar-refractivity contribution in [1.82, 2.24) is 5.32 Å². The van der Waals surface area contributed by atoms with Gasteiger partial charge in [-0.3, -0.25) is 0 Å². The van der Waals surface area contributed by atoms with Crippen LogP contribution < -0.4 is 10.1 Å². The summed E-state index contributed by atoms with van der Waals surface area (Å²) in [5.41, 5.74) is 2.54. The van der Waals surface area contributed by atoms with Crippen molar-refractivity contribution >= 4 is 11.8 Å². The number of hydrogen-bond acceptors (Lipinski definition) is 3. The number of methoxy groups -OCH3 is 1. The molecule has 3 heteroatoms. The van der Waals surface area contributed by atoms with Gasteiger partial charge in [-0.1, -0.05) is 24.3 Å². The van der Waals surface area contributed by atoms with E-state index in [4.69, 9.17) is 4.74 Å². The highest BCUT2D eigenvalue weighted by atomic mass is 32.2. The van der Waals surface area contributed by atoms with E-state index in [2.05, 4.69) is 54.9 Å². The first kappa shape index (κ1) is 14.9. The molecule has 0 unspecified atom stereocenters. The zero-order valence-electron chi connectivity index (χ0n) is 12.2. The Kier molecular flexibility index (Phi) is 5.50. The lowest BCUT2D eigenvalue weighted by Crippen LogP contribution is -2.18. The molecule has 0 saturated heterocycles. The van der Waals surface area contributed by atoms with E-state index in [1.54, 1.807) is 18.9 Å². The van der Waals surface area contributed by atoms with Crippen molar-refractivity contribution in [2.45, 2.75) is 24.4 Å². The fourth-order valence-electron chi connectivity index (χ4n) is 2.04. The van der Waals surface area contributed by atoms with Gasteiger partial charge in [0.15, 0.2) is 0 Å². The summed E-state index contributed by atoms with van der Waals surface area (Å²) in [6, 6.07) is 17.2. The van der Waals surface area contributed by atoms with Crippen LogP contribution >= 0.6 is 11.8 Å². The molecule has 0 aliphatic carbocycles. The summed E-state index contributed by atoms with van der Waals surface area (Å²) < 4.78 is 5.26. The molecule has 0 bridgehead atoms. The van der Waals surface area contributed by atoms with E-state index in [0.717, 1.165) is 12.3 Å². The molecule has 0 heterocycles. The minimum absolute atomic E-state index is 0.297. The molecular weight excluding hydrogens is 266 g/mol. The third kappa shape index (κ3) is 4.02. The molecular formula is C17H21NOS. The van der Waals surface area contributed by atoms with Crippen LogP contribution in [0, 0.1) is 0 Å².